The van der Waals surface area contributed by atoms with E-state index < -0.39 is 5.25 Å². The Bertz CT molecular complexity index is 1090. The molecule has 8 nitrogen and oxygen atoms in total. The number of amides is 1. The van der Waals surface area contributed by atoms with Crippen LogP contribution in [0.1, 0.15) is 25.5 Å². The number of nitrogens with zero attached hydrogens (tertiary/aromatic N) is 3. The number of aromatic nitrogens is 3. The maximum Gasteiger partial charge on any atom is 0.262 e. The van der Waals surface area contributed by atoms with Gasteiger partial charge in [-0.2, -0.15) is 0 Å². The lowest BCUT2D eigenvalue weighted by Crippen LogP contribution is -2.30. The van der Waals surface area contributed by atoms with Gasteiger partial charge in [0.25, 0.3) is 5.56 Å². The van der Waals surface area contributed by atoms with Crippen molar-refractivity contribution in [3.05, 3.63) is 46.4 Å². The Kier molecular flexibility index (Phi) is 5.68. The van der Waals surface area contributed by atoms with Crippen molar-refractivity contribution in [2.45, 2.75) is 49.7 Å². The van der Waals surface area contributed by atoms with Gasteiger partial charge in [0, 0.05) is 12.7 Å². The molecule has 1 aromatic carbocycles. The molecule has 1 amide bonds. The number of benzene rings is 1. The molecule has 1 aliphatic rings. The molecular weight excluding hydrogens is 392 g/mol. The first kappa shape index (κ1) is 19.7. The molecule has 0 spiro atoms. The number of anilines is 1. The normalized spacial score (nSPS) is 17.5. The smallest absolute Gasteiger partial charge is 0.262 e. The van der Waals surface area contributed by atoms with E-state index in [0.717, 1.165) is 12.8 Å². The second-order valence-electron chi connectivity index (χ2n) is 7.03. The predicted molar refractivity (Wildman–Crippen MR) is 110 cm³/mol. The largest absolute Gasteiger partial charge is 0.376 e. The van der Waals surface area contributed by atoms with Crippen LogP contribution >= 0.6 is 11.8 Å². The van der Waals surface area contributed by atoms with E-state index in [-0.39, 0.29) is 17.6 Å². The zero-order chi connectivity index (χ0) is 20.4. The van der Waals surface area contributed by atoms with Crippen molar-refractivity contribution in [2.75, 3.05) is 11.9 Å². The lowest BCUT2D eigenvalue weighted by molar-refractivity contribution is -0.115. The van der Waals surface area contributed by atoms with Crippen LogP contribution in [0.3, 0.4) is 0 Å². The molecule has 2 atom stereocenters. The molecule has 9 heteroatoms. The van der Waals surface area contributed by atoms with Crippen molar-refractivity contribution in [2.24, 2.45) is 0 Å². The molecule has 3 aromatic rings. The Hall–Kier alpha value is -2.65. The van der Waals surface area contributed by atoms with Crippen molar-refractivity contribution in [3.63, 3.8) is 0 Å². The van der Waals surface area contributed by atoms with Crippen LogP contribution in [-0.2, 0) is 16.1 Å². The third-order valence-corrected chi connectivity index (χ3v) is 5.86. The highest BCUT2D eigenvalue weighted by molar-refractivity contribution is 8.00. The van der Waals surface area contributed by atoms with E-state index in [9.17, 15) is 9.59 Å². The highest BCUT2D eigenvalue weighted by Gasteiger charge is 2.23. The van der Waals surface area contributed by atoms with Gasteiger partial charge in [0.2, 0.25) is 5.91 Å². The number of para-hydroxylation sites is 1. The summed E-state index contributed by atoms with van der Waals surface area (Å²) in [5.41, 5.74) is 0.497. The summed E-state index contributed by atoms with van der Waals surface area (Å²) in [6.07, 6.45) is 1.88. The lowest BCUT2D eigenvalue weighted by Gasteiger charge is -2.18. The fourth-order valence-corrected chi connectivity index (χ4v) is 4.17. The van der Waals surface area contributed by atoms with Crippen LogP contribution in [0.2, 0.25) is 0 Å². The number of carbonyl (C=O) groups excluding carboxylic acids is 1. The van der Waals surface area contributed by atoms with E-state index in [4.69, 9.17) is 9.26 Å². The maximum atomic E-state index is 13.1. The Morgan fingerprint density at radius 1 is 1.41 bits per heavy atom. The minimum Gasteiger partial charge on any atom is -0.376 e. The summed E-state index contributed by atoms with van der Waals surface area (Å²) in [4.78, 5) is 30.4. The summed E-state index contributed by atoms with van der Waals surface area (Å²) < 4.78 is 12.3. The van der Waals surface area contributed by atoms with Crippen molar-refractivity contribution in [1.82, 2.24) is 14.7 Å². The van der Waals surface area contributed by atoms with E-state index in [1.54, 1.807) is 36.6 Å². The van der Waals surface area contributed by atoms with Gasteiger partial charge in [0.05, 0.1) is 28.8 Å². The quantitative estimate of drug-likeness (QED) is 0.489. The molecule has 2 aromatic heterocycles. The summed E-state index contributed by atoms with van der Waals surface area (Å²) in [5.74, 6) is 0.736. The van der Waals surface area contributed by atoms with Gasteiger partial charge in [-0.3, -0.25) is 14.2 Å². The number of ether oxygens (including phenoxy) is 1. The van der Waals surface area contributed by atoms with Gasteiger partial charge in [0.15, 0.2) is 11.0 Å². The summed E-state index contributed by atoms with van der Waals surface area (Å²) in [6.45, 7) is 4.66. The average molecular weight is 414 g/mol. The third-order valence-electron chi connectivity index (χ3n) is 4.77. The molecule has 1 fully saturated rings. The summed E-state index contributed by atoms with van der Waals surface area (Å²) in [5, 5.41) is 7.08. The van der Waals surface area contributed by atoms with Gasteiger partial charge in [-0.05, 0) is 38.8 Å². The highest BCUT2D eigenvalue weighted by atomic mass is 32.2. The fourth-order valence-electron chi connectivity index (χ4n) is 3.26. The number of hydrogen-bond donors (Lipinski definition) is 1. The standard InChI is InChI=1S/C20H22N4O4S/c1-12-10-17(23-28-12)22-18(25)13(2)29-20-21-16-8-4-3-7-15(16)19(26)24(20)11-14-6-5-9-27-14/h3-4,7-8,10,13-14H,5-6,9,11H2,1-2H3,(H,22,23,25)/t13-,14+/m1/s1. The first-order chi connectivity index (χ1) is 14.0. The number of thioether (sulfide) groups is 1. The van der Waals surface area contributed by atoms with E-state index >= 15 is 0 Å². The first-order valence-corrected chi connectivity index (χ1v) is 10.4. The molecule has 1 saturated heterocycles. The maximum absolute atomic E-state index is 13.1. The second kappa shape index (κ2) is 8.38. The van der Waals surface area contributed by atoms with Gasteiger partial charge in [0.1, 0.15) is 5.76 Å². The molecule has 1 aliphatic heterocycles. The van der Waals surface area contributed by atoms with E-state index in [0.29, 0.717) is 40.8 Å². The molecule has 0 unspecified atom stereocenters. The summed E-state index contributed by atoms with van der Waals surface area (Å²) >= 11 is 1.24. The third kappa shape index (κ3) is 4.35. The molecule has 3 heterocycles. The van der Waals surface area contributed by atoms with Crippen LogP contribution in [0.15, 0.2) is 44.8 Å². The van der Waals surface area contributed by atoms with Gasteiger partial charge in [-0.1, -0.05) is 29.1 Å². The fraction of sp³-hybridized carbons (Fsp3) is 0.400. The van der Waals surface area contributed by atoms with Crippen LogP contribution in [-0.4, -0.2) is 38.6 Å². The minimum absolute atomic E-state index is 0.0164. The van der Waals surface area contributed by atoms with Crippen molar-refractivity contribution in [1.29, 1.82) is 0 Å². The number of rotatable bonds is 6. The summed E-state index contributed by atoms with van der Waals surface area (Å²) in [7, 11) is 0. The molecule has 4 rings (SSSR count). The zero-order valence-corrected chi connectivity index (χ0v) is 17.1. The monoisotopic (exact) mass is 414 g/mol. The van der Waals surface area contributed by atoms with Gasteiger partial charge in [-0.15, -0.1) is 0 Å². The van der Waals surface area contributed by atoms with Crippen LogP contribution in [0.25, 0.3) is 10.9 Å². The number of hydrogen-bond acceptors (Lipinski definition) is 7. The van der Waals surface area contributed by atoms with Crippen LogP contribution in [0, 0.1) is 6.92 Å². The minimum atomic E-state index is -0.490. The molecule has 0 saturated carbocycles. The molecule has 0 radical (unpaired) electrons. The van der Waals surface area contributed by atoms with Gasteiger partial charge < -0.3 is 14.6 Å². The highest BCUT2D eigenvalue weighted by Crippen LogP contribution is 2.25. The van der Waals surface area contributed by atoms with E-state index in [2.05, 4.69) is 15.5 Å². The number of carbonyl (C=O) groups is 1. The van der Waals surface area contributed by atoms with Crippen LogP contribution in [0.4, 0.5) is 5.82 Å². The van der Waals surface area contributed by atoms with Crippen molar-refractivity contribution >= 4 is 34.4 Å². The second-order valence-corrected chi connectivity index (χ2v) is 8.34. The first-order valence-electron chi connectivity index (χ1n) is 9.53. The Morgan fingerprint density at radius 2 is 2.24 bits per heavy atom. The van der Waals surface area contributed by atoms with E-state index in [1.807, 2.05) is 12.1 Å². The van der Waals surface area contributed by atoms with Crippen LogP contribution < -0.4 is 10.9 Å². The molecule has 1 N–H and O–H groups in total. The molecule has 29 heavy (non-hydrogen) atoms. The topological polar surface area (TPSA) is 99.2 Å². The van der Waals surface area contributed by atoms with Crippen molar-refractivity contribution < 1.29 is 14.1 Å². The average Bonchev–Trinajstić information content (AvgIpc) is 3.36. The predicted octanol–water partition coefficient (Wildman–Crippen LogP) is 2.99. The van der Waals surface area contributed by atoms with Gasteiger partial charge in [-0.25, -0.2) is 4.98 Å². The van der Waals surface area contributed by atoms with E-state index in [1.165, 1.54) is 11.8 Å². The molecule has 0 aliphatic carbocycles. The lowest BCUT2D eigenvalue weighted by atomic mass is 10.2. The molecule has 0 bridgehead atoms. The number of aryl methyl sites for hydroxylation is 1. The molecule has 152 valence electrons. The number of nitrogens with one attached hydrogen (secondary N) is 1. The van der Waals surface area contributed by atoms with Gasteiger partial charge >= 0.3 is 0 Å². The summed E-state index contributed by atoms with van der Waals surface area (Å²) in [6, 6.07) is 8.90. The van der Waals surface area contributed by atoms with Crippen molar-refractivity contribution in [3.8, 4) is 0 Å². The zero-order valence-electron chi connectivity index (χ0n) is 16.3. The Balaban J connectivity index is 1.62. The Morgan fingerprint density at radius 3 is 2.97 bits per heavy atom. The number of fused-ring (bicyclic) bond motifs is 1. The van der Waals surface area contributed by atoms with Crippen LogP contribution in [0.5, 0.6) is 0 Å². The molecular formula is C20H22N4O4S. The Labute approximate surface area is 171 Å². The SMILES string of the molecule is Cc1cc(NC(=O)[C@@H](C)Sc2nc3ccccc3c(=O)n2C[C@@H]2CCCO2)no1.